The lowest BCUT2D eigenvalue weighted by atomic mass is 9.86. The van der Waals surface area contributed by atoms with Crippen molar-refractivity contribution in [1.29, 1.82) is 0 Å². The molecule has 3 aromatic carbocycles. The lowest BCUT2D eigenvalue weighted by molar-refractivity contribution is -0.117. The van der Waals surface area contributed by atoms with Crippen LogP contribution in [0.2, 0.25) is 0 Å². The van der Waals surface area contributed by atoms with Crippen molar-refractivity contribution in [2.45, 2.75) is 19.3 Å². The third-order valence-electron chi connectivity index (χ3n) is 6.24. The normalized spacial score (nSPS) is 13.8. The van der Waals surface area contributed by atoms with Gasteiger partial charge in [-0.25, -0.2) is 4.57 Å². The van der Waals surface area contributed by atoms with E-state index in [1.54, 1.807) is 23.8 Å². The van der Waals surface area contributed by atoms with Gasteiger partial charge < -0.3 is 14.2 Å². The summed E-state index contributed by atoms with van der Waals surface area (Å²) >= 11 is 5.94. The minimum absolute atomic E-state index is 0.0443. The highest BCUT2D eigenvalue weighted by atomic mass is 32.1. The first-order valence-electron chi connectivity index (χ1n) is 11.4. The summed E-state index contributed by atoms with van der Waals surface area (Å²) in [4.78, 5) is 26.7. The van der Waals surface area contributed by atoms with Gasteiger partial charge in [0.05, 0.1) is 31.2 Å². The van der Waals surface area contributed by atoms with Crippen LogP contribution in [0.15, 0.2) is 77.6 Å². The summed E-state index contributed by atoms with van der Waals surface area (Å²) in [6.45, 7) is 1.52. The quantitative estimate of drug-likeness (QED) is 0.321. The number of hydrogen-bond acceptors (Lipinski definition) is 6. The van der Waals surface area contributed by atoms with E-state index in [1.807, 2.05) is 60.7 Å². The highest BCUT2D eigenvalue weighted by Crippen LogP contribution is 2.46. The molecule has 1 unspecified atom stereocenters. The van der Waals surface area contributed by atoms with E-state index in [9.17, 15) is 9.59 Å². The first-order valence-corrected chi connectivity index (χ1v) is 11.8. The first-order chi connectivity index (χ1) is 17.5. The standard InChI is InChI=1S/C28H24N2O5S/c1-17(31)16-19-18-10-4-7-13-22(18)35-27-25(19)26(32)29(20-11-5-8-14-23(20)33-2)28(36)30(27)21-12-6-9-15-24(21)34-3/h4-15,19H,16H2,1-3H3. The molecule has 0 bridgehead atoms. The third kappa shape index (κ3) is 3.79. The van der Waals surface area contributed by atoms with Crippen LogP contribution in [0.5, 0.6) is 23.1 Å². The SMILES string of the molecule is COc1ccccc1-n1c2c(c(=O)n(-c3ccccc3OC)c1=S)C(CC(C)=O)c1ccccc1O2. The number of carbonyl (C=O) groups excluding carboxylic acids is 1. The molecule has 1 atom stereocenters. The van der Waals surface area contributed by atoms with Gasteiger partial charge in [0.15, 0.2) is 4.77 Å². The number of rotatable bonds is 6. The lowest BCUT2D eigenvalue weighted by Gasteiger charge is -2.30. The van der Waals surface area contributed by atoms with Crippen molar-refractivity contribution in [2.75, 3.05) is 14.2 Å². The molecule has 36 heavy (non-hydrogen) atoms. The molecule has 0 saturated heterocycles. The molecular weight excluding hydrogens is 476 g/mol. The number of aromatic nitrogens is 2. The lowest BCUT2D eigenvalue weighted by Crippen LogP contribution is -2.32. The fourth-order valence-corrected chi connectivity index (χ4v) is 5.04. The summed E-state index contributed by atoms with van der Waals surface area (Å²) < 4.78 is 20.9. The van der Waals surface area contributed by atoms with E-state index < -0.39 is 5.92 Å². The van der Waals surface area contributed by atoms with E-state index in [-0.39, 0.29) is 28.4 Å². The average Bonchev–Trinajstić information content (AvgIpc) is 2.89. The number of methoxy groups -OCH3 is 2. The molecule has 0 radical (unpaired) electrons. The minimum Gasteiger partial charge on any atom is -0.495 e. The van der Waals surface area contributed by atoms with Gasteiger partial charge in [-0.2, -0.15) is 0 Å². The molecule has 182 valence electrons. The molecule has 4 aromatic rings. The van der Waals surface area contributed by atoms with Gasteiger partial charge in [0, 0.05) is 17.9 Å². The molecule has 5 rings (SSSR count). The van der Waals surface area contributed by atoms with Crippen molar-refractivity contribution in [3.05, 3.63) is 99.0 Å². The van der Waals surface area contributed by atoms with E-state index in [4.69, 9.17) is 26.4 Å². The topological polar surface area (TPSA) is 71.7 Å². The Bertz CT molecular complexity index is 1600. The molecular formula is C28H24N2O5S. The zero-order valence-electron chi connectivity index (χ0n) is 20.1. The van der Waals surface area contributed by atoms with Crippen LogP contribution < -0.4 is 19.8 Å². The van der Waals surface area contributed by atoms with Gasteiger partial charge in [-0.15, -0.1) is 0 Å². The second-order valence-electron chi connectivity index (χ2n) is 8.42. The molecule has 8 heteroatoms. The summed E-state index contributed by atoms with van der Waals surface area (Å²) in [6, 6.07) is 22.0. The number of Topliss-reactive ketones (excluding diaryl/α,β-unsaturated/α-hetero) is 1. The summed E-state index contributed by atoms with van der Waals surface area (Å²) in [5, 5.41) is 0. The Morgan fingerprint density at radius 3 is 2.06 bits per heavy atom. The van der Waals surface area contributed by atoms with Crippen LogP contribution in [-0.2, 0) is 4.79 Å². The summed E-state index contributed by atoms with van der Waals surface area (Å²) in [5.41, 5.74) is 1.83. The van der Waals surface area contributed by atoms with Crippen molar-refractivity contribution < 1.29 is 19.0 Å². The molecule has 0 spiro atoms. The molecule has 1 aliphatic rings. The minimum atomic E-state index is -0.521. The Hall–Kier alpha value is -4.17. The maximum atomic E-state index is 14.2. The van der Waals surface area contributed by atoms with Crippen LogP contribution >= 0.6 is 12.2 Å². The van der Waals surface area contributed by atoms with E-state index in [0.29, 0.717) is 34.2 Å². The molecule has 1 aliphatic heterocycles. The Morgan fingerprint density at radius 1 is 0.889 bits per heavy atom. The zero-order valence-corrected chi connectivity index (χ0v) is 20.9. The van der Waals surface area contributed by atoms with E-state index in [0.717, 1.165) is 5.56 Å². The number of nitrogens with zero attached hydrogens (tertiary/aromatic N) is 2. The Kier molecular flexibility index (Phi) is 6.20. The van der Waals surface area contributed by atoms with E-state index in [2.05, 4.69) is 0 Å². The molecule has 0 amide bonds. The Morgan fingerprint density at radius 2 is 1.44 bits per heavy atom. The second-order valence-corrected chi connectivity index (χ2v) is 8.78. The molecule has 1 aromatic heterocycles. The molecule has 7 nitrogen and oxygen atoms in total. The molecule has 0 N–H and O–H groups in total. The smallest absolute Gasteiger partial charge is 0.266 e. The van der Waals surface area contributed by atoms with Gasteiger partial charge in [-0.05, 0) is 49.5 Å². The highest BCUT2D eigenvalue weighted by molar-refractivity contribution is 7.71. The number of hydrogen-bond donors (Lipinski definition) is 0. The van der Waals surface area contributed by atoms with Gasteiger partial charge in [-0.1, -0.05) is 42.5 Å². The van der Waals surface area contributed by atoms with Crippen molar-refractivity contribution in [2.24, 2.45) is 0 Å². The van der Waals surface area contributed by atoms with Crippen LogP contribution in [0.1, 0.15) is 30.4 Å². The number of benzene rings is 3. The van der Waals surface area contributed by atoms with E-state index >= 15 is 0 Å². The fraction of sp³-hybridized carbons (Fsp3) is 0.179. The summed E-state index contributed by atoms with van der Waals surface area (Å²) in [5.74, 6) is 1.31. The van der Waals surface area contributed by atoms with Crippen LogP contribution in [0.3, 0.4) is 0 Å². The molecule has 0 saturated carbocycles. The Balaban J connectivity index is 1.96. The van der Waals surface area contributed by atoms with Crippen molar-refractivity contribution in [3.8, 4) is 34.5 Å². The van der Waals surface area contributed by atoms with Gasteiger partial charge in [0.25, 0.3) is 5.56 Å². The number of fused-ring (bicyclic) bond motifs is 2. The van der Waals surface area contributed by atoms with Gasteiger partial charge in [-0.3, -0.25) is 14.2 Å². The zero-order chi connectivity index (χ0) is 25.4. The van der Waals surface area contributed by atoms with E-state index in [1.165, 1.54) is 18.6 Å². The van der Waals surface area contributed by atoms with Crippen molar-refractivity contribution >= 4 is 18.0 Å². The monoisotopic (exact) mass is 500 g/mol. The second kappa shape index (κ2) is 9.47. The molecule has 0 aliphatic carbocycles. The average molecular weight is 501 g/mol. The maximum Gasteiger partial charge on any atom is 0.266 e. The van der Waals surface area contributed by atoms with Crippen LogP contribution in [0, 0.1) is 4.77 Å². The summed E-state index contributed by atoms with van der Waals surface area (Å²) in [6.07, 6.45) is 0.136. The predicted octanol–water partition coefficient (Wildman–Crippen LogP) is 5.59. The first kappa shape index (κ1) is 23.6. The summed E-state index contributed by atoms with van der Waals surface area (Å²) in [7, 11) is 3.11. The van der Waals surface area contributed by atoms with Gasteiger partial charge >= 0.3 is 0 Å². The number of carbonyl (C=O) groups is 1. The van der Waals surface area contributed by atoms with Crippen LogP contribution in [0.4, 0.5) is 0 Å². The van der Waals surface area contributed by atoms with Crippen molar-refractivity contribution in [3.63, 3.8) is 0 Å². The van der Waals surface area contributed by atoms with Crippen molar-refractivity contribution in [1.82, 2.24) is 9.13 Å². The maximum absolute atomic E-state index is 14.2. The largest absolute Gasteiger partial charge is 0.495 e. The Labute approximate surface area is 213 Å². The number of ketones is 1. The molecule has 0 fully saturated rings. The van der Waals surface area contributed by atoms with Crippen LogP contribution in [0.25, 0.3) is 11.4 Å². The highest BCUT2D eigenvalue weighted by Gasteiger charge is 2.35. The number of ether oxygens (including phenoxy) is 3. The van der Waals surface area contributed by atoms with Gasteiger partial charge in [0.1, 0.15) is 23.0 Å². The predicted molar refractivity (Wildman–Crippen MR) is 139 cm³/mol. The fourth-order valence-electron chi connectivity index (χ4n) is 4.68. The molecule has 2 heterocycles. The third-order valence-corrected chi connectivity index (χ3v) is 6.61. The number of para-hydroxylation sites is 5. The van der Waals surface area contributed by atoms with Crippen LogP contribution in [-0.4, -0.2) is 29.1 Å². The van der Waals surface area contributed by atoms with Gasteiger partial charge in [0.2, 0.25) is 5.88 Å².